The highest BCUT2D eigenvalue weighted by Crippen LogP contribution is 2.44. The number of rotatable bonds is 2. The molecule has 1 saturated heterocycles. The molecule has 1 aromatic carbocycles. The second-order valence-corrected chi connectivity index (χ2v) is 7.54. The van der Waals surface area contributed by atoms with Gasteiger partial charge in [0.05, 0.1) is 24.8 Å². The molecule has 0 aliphatic carbocycles. The van der Waals surface area contributed by atoms with E-state index in [1.54, 1.807) is 19.3 Å². The summed E-state index contributed by atoms with van der Waals surface area (Å²) in [6.07, 6.45) is 3.90. The fourth-order valence-electron chi connectivity index (χ4n) is 3.94. The predicted molar refractivity (Wildman–Crippen MR) is 101 cm³/mol. The van der Waals surface area contributed by atoms with Gasteiger partial charge in [0.2, 0.25) is 5.56 Å². The highest BCUT2D eigenvalue weighted by Gasteiger charge is 2.42. The van der Waals surface area contributed by atoms with E-state index in [1.807, 2.05) is 19.1 Å². The van der Waals surface area contributed by atoms with Crippen LogP contribution in [0.1, 0.15) is 46.8 Å². The quantitative estimate of drug-likeness (QED) is 0.884. The summed E-state index contributed by atoms with van der Waals surface area (Å²) in [5.41, 5.74) is 2.16. The third-order valence-corrected chi connectivity index (χ3v) is 5.50. The van der Waals surface area contributed by atoms with Crippen LogP contribution in [0.2, 0.25) is 0 Å². The van der Waals surface area contributed by atoms with E-state index in [-0.39, 0.29) is 23.1 Å². The van der Waals surface area contributed by atoms with Gasteiger partial charge in [0.1, 0.15) is 11.4 Å². The number of hydrogen-bond acceptors (Lipinski definition) is 4. The van der Waals surface area contributed by atoms with Crippen molar-refractivity contribution in [1.29, 1.82) is 0 Å². The van der Waals surface area contributed by atoms with Crippen molar-refractivity contribution in [2.24, 2.45) is 7.05 Å². The highest BCUT2D eigenvalue weighted by atomic mass is 16.5. The maximum absolute atomic E-state index is 12.9. The number of aromatic nitrogens is 1. The lowest BCUT2D eigenvalue weighted by molar-refractivity contribution is -0.0639. The van der Waals surface area contributed by atoms with Crippen molar-refractivity contribution in [3.05, 3.63) is 63.6 Å². The zero-order chi connectivity index (χ0) is 19.0. The summed E-state index contributed by atoms with van der Waals surface area (Å²) in [4.78, 5) is 24.4. The monoisotopic (exact) mass is 368 g/mol. The van der Waals surface area contributed by atoms with Gasteiger partial charge in [0, 0.05) is 44.1 Å². The first-order valence-corrected chi connectivity index (χ1v) is 9.31. The third kappa shape index (κ3) is 3.49. The van der Waals surface area contributed by atoms with E-state index in [1.165, 1.54) is 10.6 Å². The van der Waals surface area contributed by atoms with Gasteiger partial charge >= 0.3 is 0 Å². The maximum atomic E-state index is 12.9. The Labute approximate surface area is 158 Å². The smallest absolute Gasteiger partial charge is 0.253 e. The molecule has 4 rings (SSSR count). The Morgan fingerprint density at radius 1 is 1.22 bits per heavy atom. The molecule has 0 radical (unpaired) electrons. The largest absolute Gasteiger partial charge is 0.487 e. The molecule has 142 valence electrons. The van der Waals surface area contributed by atoms with Crippen molar-refractivity contribution < 1.29 is 14.3 Å². The van der Waals surface area contributed by atoms with Crippen molar-refractivity contribution >= 4 is 5.91 Å². The summed E-state index contributed by atoms with van der Waals surface area (Å²) in [6.45, 7) is 3.37. The Bertz CT molecular complexity index is 928. The molecule has 1 amide bonds. The Balaban J connectivity index is 1.65. The number of ether oxygens (including phenoxy) is 2. The SMILES string of the molecule is Cc1ccc2c(c1)C(NC(=O)c1ccc(=O)n(C)c1)CC1(CCOCC1)O2. The van der Waals surface area contributed by atoms with E-state index in [9.17, 15) is 9.59 Å². The maximum Gasteiger partial charge on any atom is 0.253 e. The van der Waals surface area contributed by atoms with Crippen LogP contribution in [0.15, 0.2) is 41.3 Å². The van der Waals surface area contributed by atoms with Crippen LogP contribution >= 0.6 is 0 Å². The summed E-state index contributed by atoms with van der Waals surface area (Å²) in [5.74, 6) is 0.645. The number of nitrogens with zero attached hydrogens (tertiary/aromatic N) is 1. The number of pyridine rings is 1. The van der Waals surface area contributed by atoms with Gasteiger partial charge in [-0.2, -0.15) is 0 Å². The Kier molecular flexibility index (Phi) is 4.52. The number of benzene rings is 1. The zero-order valence-corrected chi connectivity index (χ0v) is 15.7. The van der Waals surface area contributed by atoms with E-state index in [2.05, 4.69) is 11.4 Å². The second kappa shape index (κ2) is 6.85. The van der Waals surface area contributed by atoms with Gasteiger partial charge in [-0.15, -0.1) is 0 Å². The molecule has 6 nitrogen and oxygen atoms in total. The van der Waals surface area contributed by atoms with E-state index in [0.717, 1.165) is 29.7 Å². The minimum absolute atomic E-state index is 0.139. The van der Waals surface area contributed by atoms with Crippen molar-refractivity contribution in [3.8, 4) is 5.75 Å². The molecule has 2 aromatic rings. The van der Waals surface area contributed by atoms with Crippen molar-refractivity contribution in [2.45, 2.75) is 37.8 Å². The van der Waals surface area contributed by atoms with E-state index < -0.39 is 0 Å². The molecule has 1 aromatic heterocycles. The minimum atomic E-state index is -0.304. The summed E-state index contributed by atoms with van der Waals surface area (Å²) in [7, 11) is 1.64. The minimum Gasteiger partial charge on any atom is -0.487 e. The Morgan fingerprint density at radius 2 is 2.00 bits per heavy atom. The Hall–Kier alpha value is -2.60. The van der Waals surface area contributed by atoms with Crippen LogP contribution in [0.25, 0.3) is 0 Å². The van der Waals surface area contributed by atoms with Gasteiger partial charge in [-0.1, -0.05) is 17.7 Å². The summed E-state index contributed by atoms with van der Waals surface area (Å²) < 4.78 is 13.3. The average Bonchev–Trinajstić information content (AvgIpc) is 2.65. The first kappa shape index (κ1) is 17.8. The molecular formula is C21H24N2O4. The number of aryl methyl sites for hydroxylation is 2. The topological polar surface area (TPSA) is 69.6 Å². The van der Waals surface area contributed by atoms with Crippen LogP contribution in [0.5, 0.6) is 5.75 Å². The standard InChI is InChI=1S/C21H24N2O4/c1-14-3-5-18-16(11-14)17(12-21(27-18)7-9-26-10-8-21)22-20(25)15-4-6-19(24)23(2)13-15/h3-6,11,13,17H,7-10,12H2,1-2H3,(H,22,25). The van der Waals surface area contributed by atoms with Crippen molar-refractivity contribution in [2.75, 3.05) is 13.2 Å². The molecule has 1 unspecified atom stereocenters. The molecule has 0 saturated carbocycles. The van der Waals surface area contributed by atoms with Gasteiger partial charge in [-0.25, -0.2) is 0 Å². The first-order chi connectivity index (χ1) is 13.0. The van der Waals surface area contributed by atoms with Crippen LogP contribution in [0, 0.1) is 6.92 Å². The number of carbonyl (C=O) groups is 1. The molecule has 2 aliphatic rings. The van der Waals surface area contributed by atoms with Crippen molar-refractivity contribution in [1.82, 2.24) is 9.88 Å². The molecular weight excluding hydrogens is 344 g/mol. The number of fused-ring (bicyclic) bond motifs is 1. The predicted octanol–water partition coefficient (Wildman–Crippen LogP) is 2.50. The molecule has 1 atom stereocenters. The highest BCUT2D eigenvalue weighted by molar-refractivity contribution is 5.94. The molecule has 27 heavy (non-hydrogen) atoms. The van der Waals surface area contributed by atoms with Gasteiger partial charge in [0.15, 0.2) is 0 Å². The normalized spacial score (nSPS) is 20.6. The lowest BCUT2D eigenvalue weighted by atomic mass is 9.81. The lowest BCUT2D eigenvalue weighted by Crippen LogP contribution is -2.48. The van der Waals surface area contributed by atoms with Crippen LogP contribution in [0.4, 0.5) is 0 Å². The van der Waals surface area contributed by atoms with Gasteiger partial charge in [-0.05, 0) is 19.1 Å². The number of carbonyl (C=O) groups excluding carboxylic acids is 1. The van der Waals surface area contributed by atoms with Gasteiger partial charge < -0.3 is 19.4 Å². The first-order valence-electron chi connectivity index (χ1n) is 9.31. The fourth-order valence-corrected chi connectivity index (χ4v) is 3.94. The van der Waals surface area contributed by atoms with Crippen molar-refractivity contribution in [3.63, 3.8) is 0 Å². The lowest BCUT2D eigenvalue weighted by Gasteiger charge is -2.44. The summed E-state index contributed by atoms with van der Waals surface area (Å²) >= 11 is 0. The number of amides is 1. The summed E-state index contributed by atoms with van der Waals surface area (Å²) in [6, 6.07) is 8.94. The van der Waals surface area contributed by atoms with E-state index in [4.69, 9.17) is 9.47 Å². The third-order valence-electron chi connectivity index (χ3n) is 5.50. The van der Waals surface area contributed by atoms with E-state index in [0.29, 0.717) is 25.2 Å². The molecule has 6 heteroatoms. The van der Waals surface area contributed by atoms with Gasteiger partial charge in [-0.3, -0.25) is 9.59 Å². The summed E-state index contributed by atoms with van der Waals surface area (Å²) in [5, 5.41) is 3.16. The van der Waals surface area contributed by atoms with Crippen LogP contribution < -0.4 is 15.6 Å². The number of nitrogens with one attached hydrogen (secondary N) is 1. The zero-order valence-electron chi connectivity index (χ0n) is 15.7. The van der Waals surface area contributed by atoms with Crippen LogP contribution in [-0.2, 0) is 11.8 Å². The van der Waals surface area contributed by atoms with Crippen LogP contribution in [0.3, 0.4) is 0 Å². The molecule has 1 spiro atoms. The van der Waals surface area contributed by atoms with Crippen LogP contribution in [-0.4, -0.2) is 29.3 Å². The molecule has 1 fully saturated rings. The molecule has 1 N–H and O–H groups in total. The molecule has 2 aliphatic heterocycles. The molecule has 0 bridgehead atoms. The average molecular weight is 368 g/mol. The fraction of sp³-hybridized carbons (Fsp3) is 0.429. The Morgan fingerprint density at radius 3 is 2.74 bits per heavy atom. The molecule has 3 heterocycles. The number of hydrogen-bond donors (Lipinski definition) is 1. The van der Waals surface area contributed by atoms with E-state index >= 15 is 0 Å². The second-order valence-electron chi connectivity index (χ2n) is 7.54. The van der Waals surface area contributed by atoms with Gasteiger partial charge in [0.25, 0.3) is 5.91 Å².